The summed E-state index contributed by atoms with van der Waals surface area (Å²) >= 11 is 0. The molecule has 1 saturated carbocycles. The molecule has 2 fully saturated rings. The number of guanidine groups is 1. The number of nitrogens with one attached hydrogen (secondary N) is 1. The van der Waals surface area contributed by atoms with E-state index < -0.39 is 0 Å². The summed E-state index contributed by atoms with van der Waals surface area (Å²) in [5.41, 5.74) is 0.962. The SMILES string of the molecule is CCNC(=NCc1ccc(OC)c(O)c1)N1CCC(OCC2CCCC2)CC1.I. The van der Waals surface area contributed by atoms with E-state index in [4.69, 9.17) is 14.5 Å². The number of likely N-dealkylation sites (tertiary alicyclic amines) is 1. The second kappa shape index (κ2) is 12.5. The van der Waals surface area contributed by atoms with Crippen molar-refractivity contribution >= 4 is 29.9 Å². The molecular formula is C22H36IN3O3. The van der Waals surface area contributed by atoms with Gasteiger partial charge < -0.3 is 24.8 Å². The molecular weight excluding hydrogens is 481 g/mol. The van der Waals surface area contributed by atoms with Crippen LogP contribution in [0.25, 0.3) is 0 Å². The molecule has 1 aliphatic carbocycles. The molecule has 1 heterocycles. The number of aliphatic imine (C=N–C) groups is 1. The predicted molar refractivity (Wildman–Crippen MR) is 127 cm³/mol. The number of piperidine rings is 1. The quantitative estimate of drug-likeness (QED) is 0.323. The van der Waals surface area contributed by atoms with E-state index in [9.17, 15) is 5.11 Å². The fourth-order valence-electron chi connectivity index (χ4n) is 4.11. The van der Waals surface area contributed by atoms with Crippen LogP contribution in [0.4, 0.5) is 0 Å². The maximum Gasteiger partial charge on any atom is 0.194 e. The van der Waals surface area contributed by atoms with Gasteiger partial charge in [0.1, 0.15) is 0 Å². The lowest BCUT2D eigenvalue weighted by atomic mass is 10.1. The molecule has 1 aliphatic heterocycles. The molecule has 1 saturated heterocycles. The molecule has 2 aliphatic rings. The third-order valence-electron chi connectivity index (χ3n) is 5.77. The van der Waals surface area contributed by atoms with Crippen LogP contribution in [0.15, 0.2) is 23.2 Å². The van der Waals surface area contributed by atoms with Gasteiger partial charge in [-0.1, -0.05) is 18.9 Å². The second-order valence-corrected chi connectivity index (χ2v) is 7.85. The molecule has 2 N–H and O–H groups in total. The van der Waals surface area contributed by atoms with Crippen LogP contribution >= 0.6 is 24.0 Å². The molecule has 3 rings (SSSR count). The van der Waals surface area contributed by atoms with Crippen molar-refractivity contribution in [3.05, 3.63) is 23.8 Å². The Balaban J connectivity index is 0.00000300. The van der Waals surface area contributed by atoms with E-state index in [1.807, 2.05) is 6.07 Å². The van der Waals surface area contributed by atoms with Crippen molar-refractivity contribution in [2.45, 2.75) is 58.1 Å². The molecule has 0 unspecified atom stereocenters. The standard InChI is InChI=1S/C22H35N3O3.HI/c1-3-23-22(24-15-18-8-9-21(27-2)20(26)14-18)25-12-10-19(11-13-25)28-16-17-6-4-5-7-17;/h8-9,14,17,19,26H,3-7,10-13,15-16H2,1-2H3,(H,23,24);1H. The van der Waals surface area contributed by atoms with Gasteiger partial charge in [-0.05, 0) is 56.2 Å². The second-order valence-electron chi connectivity index (χ2n) is 7.85. The molecule has 164 valence electrons. The lowest BCUT2D eigenvalue weighted by Crippen LogP contribution is -2.47. The number of hydrogen-bond donors (Lipinski definition) is 2. The fraction of sp³-hybridized carbons (Fsp3) is 0.682. The van der Waals surface area contributed by atoms with Gasteiger partial charge in [-0.15, -0.1) is 24.0 Å². The van der Waals surface area contributed by atoms with E-state index in [-0.39, 0.29) is 29.7 Å². The van der Waals surface area contributed by atoms with Gasteiger partial charge in [-0.25, -0.2) is 4.99 Å². The summed E-state index contributed by atoms with van der Waals surface area (Å²) in [4.78, 5) is 7.10. The van der Waals surface area contributed by atoms with Crippen LogP contribution in [0.1, 0.15) is 51.0 Å². The Morgan fingerprint density at radius 1 is 1.21 bits per heavy atom. The van der Waals surface area contributed by atoms with Crippen LogP contribution in [0.2, 0.25) is 0 Å². The molecule has 0 atom stereocenters. The third-order valence-corrected chi connectivity index (χ3v) is 5.77. The van der Waals surface area contributed by atoms with Crippen molar-refractivity contribution in [2.75, 3.05) is 33.4 Å². The minimum atomic E-state index is 0. The summed E-state index contributed by atoms with van der Waals surface area (Å²) < 4.78 is 11.3. The molecule has 29 heavy (non-hydrogen) atoms. The molecule has 0 spiro atoms. The van der Waals surface area contributed by atoms with Gasteiger partial charge in [-0.3, -0.25) is 0 Å². The van der Waals surface area contributed by atoms with Crippen molar-refractivity contribution in [3.63, 3.8) is 0 Å². The third kappa shape index (κ3) is 7.20. The lowest BCUT2D eigenvalue weighted by molar-refractivity contribution is 0.00101. The highest BCUT2D eigenvalue weighted by atomic mass is 127. The molecule has 0 bridgehead atoms. The molecule has 7 heteroatoms. The van der Waals surface area contributed by atoms with Crippen molar-refractivity contribution in [2.24, 2.45) is 10.9 Å². The number of hydrogen-bond acceptors (Lipinski definition) is 4. The molecule has 6 nitrogen and oxygen atoms in total. The molecule has 1 aromatic rings. The van der Waals surface area contributed by atoms with Crippen LogP contribution < -0.4 is 10.1 Å². The van der Waals surface area contributed by atoms with Gasteiger partial charge in [0.05, 0.1) is 19.8 Å². The Hall–Kier alpha value is -1.22. The van der Waals surface area contributed by atoms with E-state index in [2.05, 4.69) is 17.1 Å². The van der Waals surface area contributed by atoms with E-state index in [0.717, 1.165) is 56.5 Å². The van der Waals surface area contributed by atoms with Crippen LogP contribution in [-0.2, 0) is 11.3 Å². The lowest BCUT2D eigenvalue weighted by Gasteiger charge is -2.34. The number of nitrogens with zero attached hydrogens (tertiary/aromatic N) is 2. The summed E-state index contributed by atoms with van der Waals surface area (Å²) in [5.74, 6) is 2.37. The highest BCUT2D eigenvalue weighted by molar-refractivity contribution is 14.0. The molecule has 1 aromatic carbocycles. The van der Waals surface area contributed by atoms with Gasteiger partial charge in [0.2, 0.25) is 0 Å². The average molecular weight is 517 g/mol. The minimum absolute atomic E-state index is 0. The van der Waals surface area contributed by atoms with E-state index in [0.29, 0.717) is 18.4 Å². The number of benzene rings is 1. The maximum absolute atomic E-state index is 9.95. The van der Waals surface area contributed by atoms with Crippen molar-refractivity contribution in [3.8, 4) is 11.5 Å². The van der Waals surface area contributed by atoms with Gasteiger partial charge in [0, 0.05) is 26.2 Å². The van der Waals surface area contributed by atoms with Gasteiger partial charge in [-0.2, -0.15) is 0 Å². The largest absolute Gasteiger partial charge is 0.504 e. The summed E-state index contributed by atoms with van der Waals surface area (Å²) in [6, 6.07) is 5.43. The van der Waals surface area contributed by atoms with E-state index >= 15 is 0 Å². The Morgan fingerprint density at radius 2 is 1.93 bits per heavy atom. The number of ether oxygens (including phenoxy) is 2. The normalized spacial score (nSPS) is 18.6. The zero-order chi connectivity index (χ0) is 19.8. The fourth-order valence-corrected chi connectivity index (χ4v) is 4.11. The number of aromatic hydroxyl groups is 1. The number of phenolic OH excluding ortho intramolecular Hbond substituents is 1. The van der Waals surface area contributed by atoms with Crippen LogP contribution in [0.3, 0.4) is 0 Å². The minimum Gasteiger partial charge on any atom is -0.504 e. The van der Waals surface area contributed by atoms with Crippen molar-refractivity contribution in [1.29, 1.82) is 0 Å². The number of methoxy groups -OCH3 is 1. The topological polar surface area (TPSA) is 66.3 Å². The highest BCUT2D eigenvalue weighted by Crippen LogP contribution is 2.27. The molecule has 0 radical (unpaired) electrons. The Morgan fingerprint density at radius 3 is 2.55 bits per heavy atom. The summed E-state index contributed by atoms with van der Waals surface area (Å²) in [6.07, 6.45) is 7.94. The first-order valence-electron chi connectivity index (χ1n) is 10.7. The summed E-state index contributed by atoms with van der Waals surface area (Å²) in [6.45, 7) is 6.33. The zero-order valence-electron chi connectivity index (χ0n) is 17.7. The first kappa shape index (κ1) is 24.1. The summed E-state index contributed by atoms with van der Waals surface area (Å²) in [5, 5.41) is 13.4. The van der Waals surface area contributed by atoms with Crippen molar-refractivity contribution < 1.29 is 14.6 Å². The summed E-state index contributed by atoms with van der Waals surface area (Å²) in [7, 11) is 1.55. The van der Waals surface area contributed by atoms with Gasteiger partial charge >= 0.3 is 0 Å². The Kier molecular flexibility index (Phi) is 10.3. The highest BCUT2D eigenvalue weighted by Gasteiger charge is 2.23. The number of halogens is 1. The zero-order valence-corrected chi connectivity index (χ0v) is 20.1. The van der Waals surface area contributed by atoms with Crippen LogP contribution in [0.5, 0.6) is 11.5 Å². The Labute approximate surface area is 192 Å². The van der Waals surface area contributed by atoms with Crippen LogP contribution in [0, 0.1) is 5.92 Å². The predicted octanol–water partition coefficient (Wildman–Crippen LogP) is 4.16. The first-order valence-corrected chi connectivity index (χ1v) is 10.7. The first-order chi connectivity index (χ1) is 13.7. The number of rotatable bonds is 7. The smallest absolute Gasteiger partial charge is 0.194 e. The van der Waals surface area contributed by atoms with Gasteiger partial charge in [0.25, 0.3) is 0 Å². The van der Waals surface area contributed by atoms with Gasteiger partial charge in [0.15, 0.2) is 17.5 Å². The van der Waals surface area contributed by atoms with E-state index in [1.165, 1.54) is 25.7 Å². The average Bonchev–Trinajstić information content (AvgIpc) is 3.24. The van der Waals surface area contributed by atoms with Crippen molar-refractivity contribution in [1.82, 2.24) is 10.2 Å². The molecule has 0 amide bonds. The number of phenols is 1. The maximum atomic E-state index is 9.95. The Bertz CT molecular complexity index is 642. The van der Waals surface area contributed by atoms with E-state index in [1.54, 1.807) is 19.2 Å². The molecule has 0 aromatic heterocycles. The monoisotopic (exact) mass is 517 g/mol. The van der Waals surface area contributed by atoms with Crippen LogP contribution in [-0.4, -0.2) is 55.4 Å².